The molecule has 0 saturated heterocycles. The lowest BCUT2D eigenvalue weighted by molar-refractivity contribution is -0.122. The van der Waals surface area contributed by atoms with Crippen molar-refractivity contribution < 1.29 is 14.7 Å². The highest BCUT2D eigenvalue weighted by atomic mass is 32.1. The molecule has 1 amide bonds. The van der Waals surface area contributed by atoms with Gasteiger partial charge in [0.05, 0.1) is 17.9 Å². The van der Waals surface area contributed by atoms with E-state index in [2.05, 4.69) is 5.32 Å². The first kappa shape index (κ1) is 19.8. The fraction of sp³-hybridized carbons (Fsp3) is 0.368. The number of aromatic carboxylic acids is 1. The molecule has 140 valence electrons. The molecule has 1 aliphatic rings. The maximum absolute atomic E-state index is 11.7. The third-order valence-electron chi connectivity index (χ3n) is 4.28. The molecule has 1 saturated carbocycles. The van der Waals surface area contributed by atoms with Gasteiger partial charge in [0.1, 0.15) is 4.88 Å². The van der Waals surface area contributed by atoms with Crippen molar-refractivity contribution >= 4 is 34.6 Å². The Balaban J connectivity index is 0.000000254. The van der Waals surface area contributed by atoms with Gasteiger partial charge in [0.2, 0.25) is 5.91 Å². The van der Waals surface area contributed by atoms with Crippen molar-refractivity contribution in [3.8, 4) is 0 Å². The summed E-state index contributed by atoms with van der Waals surface area (Å²) in [4.78, 5) is 23.6. The van der Waals surface area contributed by atoms with E-state index < -0.39 is 5.97 Å². The average molecular weight is 375 g/mol. The monoisotopic (exact) mass is 375 g/mol. The molecule has 1 heterocycles. The van der Waals surface area contributed by atoms with Crippen LogP contribution in [0.25, 0.3) is 0 Å². The van der Waals surface area contributed by atoms with Crippen molar-refractivity contribution in [1.29, 1.82) is 0 Å². The van der Waals surface area contributed by atoms with E-state index in [-0.39, 0.29) is 5.91 Å². The van der Waals surface area contributed by atoms with Crippen LogP contribution in [0, 0.1) is 5.92 Å². The number of nitrogens with one attached hydrogen (secondary N) is 1. The van der Waals surface area contributed by atoms with Gasteiger partial charge < -0.3 is 21.9 Å². The van der Waals surface area contributed by atoms with Crippen molar-refractivity contribution in [3.63, 3.8) is 0 Å². The number of hydrogen-bond acceptors (Lipinski definition) is 5. The highest BCUT2D eigenvalue weighted by molar-refractivity contribution is 7.13. The Hall–Kier alpha value is -2.54. The molecule has 0 radical (unpaired) electrons. The van der Waals surface area contributed by atoms with E-state index in [1.54, 1.807) is 24.3 Å². The second kappa shape index (κ2) is 9.82. The molecule has 0 atom stereocenters. The second-order valence-corrected chi connectivity index (χ2v) is 7.50. The zero-order valence-electron chi connectivity index (χ0n) is 14.6. The normalized spacial score (nSPS) is 13.7. The standard InChI is InChI=1S/C13H17NO3S.C6H8N2/c15-12(7-9-3-1-2-4-9)14-8-10-5-6-11(18-10)13(16)17;7-5-3-1-2-4-6(5)8/h5-6,9H,1-4,7-8H2,(H,14,15)(H,16,17);1-4H,7-8H2. The fourth-order valence-electron chi connectivity index (χ4n) is 2.83. The first-order valence-corrected chi connectivity index (χ1v) is 9.46. The Kier molecular flexibility index (Phi) is 7.47. The molecular weight excluding hydrogens is 350 g/mol. The van der Waals surface area contributed by atoms with Crippen molar-refractivity contribution in [1.82, 2.24) is 5.32 Å². The van der Waals surface area contributed by atoms with Gasteiger partial charge in [-0.15, -0.1) is 11.3 Å². The van der Waals surface area contributed by atoms with E-state index in [1.807, 2.05) is 12.1 Å². The lowest BCUT2D eigenvalue weighted by atomic mass is 10.0. The summed E-state index contributed by atoms with van der Waals surface area (Å²) in [5.41, 5.74) is 12.1. The molecule has 7 heteroatoms. The SMILES string of the molecule is Nc1ccccc1N.O=C(CC1CCCC1)NCc1ccc(C(=O)O)s1. The zero-order valence-corrected chi connectivity index (χ0v) is 15.4. The van der Waals surface area contributed by atoms with Gasteiger partial charge in [-0.3, -0.25) is 4.79 Å². The van der Waals surface area contributed by atoms with Gasteiger partial charge in [-0.25, -0.2) is 4.79 Å². The third kappa shape index (κ3) is 6.40. The van der Waals surface area contributed by atoms with Crippen LogP contribution < -0.4 is 16.8 Å². The molecular formula is C19H25N3O3S. The molecule has 1 aromatic carbocycles. The minimum Gasteiger partial charge on any atom is -0.477 e. The summed E-state index contributed by atoms with van der Waals surface area (Å²) in [7, 11) is 0. The van der Waals surface area contributed by atoms with Crippen LogP contribution in [0.1, 0.15) is 46.7 Å². The number of anilines is 2. The van der Waals surface area contributed by atoms with Crippen LogP contribution in [0.5, 0.6) is 0 Å². The number of hydrogen-bond donors (Lipinski definition) is 4. The van der Waals surface area contributed by atoms with E-state index in [0.29, 0.717) is 35.1 Å². The number of amides is 1. The Bertz CT molecular complexity index is 718. The number of carbonyl (C=O) groups is 2. The summed E-state index contributed by atoms with van der Waals surface area (Å²) in [6.07, 6.45) is 5.41. The first-order valence-electron chi connectivity index (χ1n) is 8.64. The van der Waals surface area contributed by atoms with Crippen LogP contribution in [-0.4, -0.2) is 17.0 Å². The van der Waals surface area contributed by atoms with E-state index in [4.69, 9.17) is 16.6 Å². The molecule has 2 aromatic rings. The zero-order chi connectivity index (χ0) is 18.9. The molecule has 26 heavy (non-hydrogen) atoms. The predicted octanol–water partition coefficient (Wildman–Crippen LogP) is 3.49. The van der Waals surface area contributed by atoms with Crippen LogP contribution in [-0.2, 0) is 11.3 Å². The lowest BCUT2D eigenvalue weighted by Gasteiger charge is -2.08. The van der Waals surface area contributed by atoms with Crippen molar-refractivity contribution in [2.24, 2.45) is 5.92 Å². The number of carboxylic acids is 1. The van der Waals surface area contributed by atoms with Crippen molar-refractivity contribution in [3.05, 3.63) is 46.2 Å². The molecule has 0 unspecified atom stereocenters. The predicted molar refractivity (Wildman–Crippen MR) is 105 cm³/mol. The van der Waals surface area contributed by atoms with Crippen molar-refractivity contribution in [2.75, 3.05) is 11.5 Å². The first-order chi connectivity index (χ1) is 12.5. The van der Waals surface area contributed by atoms with Gasteiger partial charge in [0.25, 0.3) is 0 Å². The van der Waals surface area contributed by atoms with E-state index in [9.17, 15) is 9.59 Å². The number of nitrogen functional groups attached to an aromatic ring is 2. The van der Waals surface area contributed by atoms with Crippen LogP contribution >= 0.6 is 11.3 Å². The molecule has 6 nitrogen and oxygen atoms in total. The summed E-state index contributed by atoms with van der Waals surface area (Å²) < 4.78 is 0. The van der Waals surface area contributed by atoms with Gasteiger partial charge >= 0.3 is 5.97 Å². The van der Waals surface area contributed by atoms with Gasteiger partial charge in [-0.1, -0.05) is 25.0 Å². The summed E-state index contributed by atoms with van der Waals surface area (Å²) in [5.74, 6) is -0.293. The second-order valence-electron chi connectivity index (χ2n) is 6.33. The van der Waals surface area contributed by atoms with Crippen LogP contribution in [0.15, 0.2) is 36.4 Å². The van der Waals surface area contributed by atoms with Crippen LogP contribution in [0.2, 0.25) is 0 Å². The van der Waals surface area contributed by atoms with Crippen LogP contribution in [0.3, 0.4) is 0 Å². The van der Waals surface area contributed by atoms with Crippen LogP contribution in [0.4, 0.5) is 11.4 Å². The summed E-state index contributed by atoms with van der Waals surface area (Å²) in [5, 5.41) is 11.6. The van der Waals surface area contributed by atoms with Gasteiger partial charge in [-0.05, 0) is 43.0 Å². The number of rotatable bonds is 5. The van der Waals surface area contributed by atoms with E-state index in [1.165, 1.54) is 24.2 Å². The highest BCUT2D eigenvalue weighted by Crippen LogP contribution is 2.27. The fourth-order valence-corrected chi connectivity index (χ4v) is 3.62. The number of carboxylic acid groups (broad SMARTS) is 1. The van der Waals surface area contributed by atoms with Crippen molar-refractivity contribution in [2.45, 2.75) is 38.6 Å². The smallest absolute Gasteiger partial charge is 0.345 e. The van der Waals surface area contributed by atoms with Gasteiger partial charge in [0.15, 0.2) is 0 Å². The molecule has 1 aliphatic carbocycles. The number of nitrogens with two attached hydrogens (primary N) is 2. The maximum Gasteiger partial charge on any atom is 0.345 e. The van der Waals surface area contributed by atoms with Gasteiger partial charge in [-0.2, -0.15) is 0 Å². The summed E-state index contributed by atoms with van der Waals surface area (Å²) in [6, 6.07) is 10.6. The number of benzene rings is 1. The van der Waals surface area contributed by atoms with Gasteiger partial charge in [0, 0.05) is 11.3 Å². The number of carbonyl (C=O) groups excluding carboxylic acids is 1. The molecule has 0 spiro atoms. The molecule has 6 N–H and O–H groups in total. The number of para-hydroxylation sites is 2. The molecule has 1 fully saturated rings. The quantitative estimate of drug-likeness (QED) is 0.597. The Morgan fingerprint density at radius 2 is 1.69 bits per heavy atom. The largest absolute Gasteiger partial charge is 0.477 e. The minimum atomic E-state index is -0.913. The Morgan fingerprint density at radius 1 is 1.08 bits per heavy atom. The third-order valence-corrected chi connectivity index (χ3v) is 5.35. The Morgan fingerprint density at radius 3 is 2.19 bits per heavy atom. The molecule has 0 aliphatic heterocycles. The summed E-state index contributed by atoms with van der Waals surface area (Å²) >= 11 is 1.21. The maximum atomic E-state index is 11.7. The van der Waals surface area contributed by atoms with E-state index in [0.717, 1.165) is 17.7 Å². The summed E-state index contributed by atoms with van der Waals surface area (Å²) in [6.45, 7) is 0.434. The number of thiophene rings is 1. The highest BCUT2D eigenvalue weighted by Gasteiger charge is 2.18. The average Bonchev–Trinajstić information content (AvgIpc) is 3.28. The Labute approximate surface area is 157 Å². The minimum absolute atomic E-state index is 0.0761. The molecule has 0 bridgehead atoms. The van der Waals surface area contributed by atoms with E-state index >= 15 is 0 Å². The molecule has 1 aromatic heterocycles. The lowest BCUT2D eigenvalue weighted by Crippen LogP contribution is -2.24. The molecule has 3 rings (SSSR count). The topological polar surface area (TPSA) is 118 Å².